The average molecular weight is 485 g/mol. The molecule has 0 aliphatic carbocycles. The Morgan fingerprint density at radius 1 is 1.35 bits per heavy atom. The lowest BCUT2D eigenvalue weighted by atomic mass is 10.00. The molecule has 5 nitrogen and oxygen atoms in total. The predicted octanol–water partition coefficient (Wildman–Crippen LogP) is 3.14. The molecule has 1 aliphatic heterocycles. The zero-order valence-electron chi connectivity index (χ0n) is 15.7. The number of aliphatic imine (C=N–C) groups is 1. The third kappa shape index (κ3) is 5.65. The van der Waals surface area contributed by atoms with Crippen LogP contribution < -0.4 is 5.32 Å². The molecule has 0 fully saturated rings. The van der Waals surface area contributed by atoms with E-state index in [1.165, 1.54) is 11.1 Å². The maximum Gasteiger partial charge on any atom is 0.193 e. The first kappa shape index (κ1) is 21.1. The minimum atomic E-state index is 0. The Bertz CT molecular complexity index is 730. The van der Waals surface area contributed by atoms with Gasteiger partial charge in [-0.15, -0.1) is 35.3 Å². The van der Waals surface area contributed by atoms with E-state index in [0.717, 1.165) is 55.8 Å². The molecule has 1 aromatic carbocycles. The average Bonchev–Trinajstić information content (AvgIpc) is 3.03. The van der Waals surface area contributed by atoms with Crippen LogP contribution in [0, 0.1) is 6.92 Å². The Morgan fingerprint density at radius 3 is 2.81 bits per heavy atom. The van der Waals surface area contributed by atoms with Gasteiger partial charge in [-0.1, -0.05) is 24.3 Å². The van der Waals surface area contributed by atoms with Crippen LogP contribution in [0.4, 0.5) is 0 Å². The van der Waals surface area contributed by atoms with Crippen LogP contribution in [0.3, 0.4) is 0 Å². The molecule has 1 N–H and O–H groups in total. The maximum atomic E-state index is 4.53. The van der Waals surface area contributed by atoms with Crippen LogP contribution in [-0.4, -0.2) is 54.5 Å². The van der Waals surface area contributed by atoms with Gasteiger partial charge in [0, 0.05) is 45.7 Å². The van der Waals surface area contributed by atoms with Crippen LogP contribution in [0.2, 0.25) is 0 Å². The summed E-state index contributed by atoms with van der Waals surface area (Å²) in [6, 6.07) is 8.77. The van der Waals surface area contributed by atoms with E-state index in [1.54, 1.807) is 11.3 Å². The van der Waals surface area contributed by atoms with Crippen LogP contribution in [0.15, 0.2) is 34.6 Å². The van der Waals surface area contributed by atoms with Crippen molar-refractivity contribution in [2.45, 2.75) is 26.4 Å². The second kappa shape index (κ2) is 10.2. The first-order valence-electron chi connectivity index (χ1n) is 8.77. The number of aryl methyl sites for hydroxylation is 1. The number of rotatable bonds is 5. The summed E-state index contributed by atoms with van der Waals surface area (Å²) in [6.07, 6.45) is 1.15. The van der Waals surface area contributed by atoms with Gasteiger partial charge in [0.05, 0.1) is 17.2 Å². The molecule has 1 aromatic heterocycles. The third-order valence-electron chi connectivity index (χ3n) is 4.56. The molecular weight excluding hydrogens is 457 g/mol. The highest BCUT2D eigenvalue weighted by molar-refractivity contribution is 14.0. The number of guanidine groups is 1. The predicted molar refractivity (Wildman–Crippen MR) is 121 cm³/mol. The monoisotopic (exact) mass is 485 g/mol. The molecule has 0 atom stereocenters. The summed E-state index contributed by atoms with van der Waals surface area (Å²) in [7, 11) is 3.89. The zero-order valence-corrected chi connectivity index (χ0v) is 18.9. The topological polar surface area (TPSA) is 43.8 Å². The summed E-state index contributed by atoms with van der Waals surface area (Å²) in [5, 5.41) is 6.70. The van der Waals surface area contributed by atoms with Gasteiger partial charge < -0.3 is 10.2 Å². The van der Waals surface area contributed by atoms with Crippen molar-refractivity contribution in [1.29, 1.82) is 0 Å². The second-order valence-corrected chi connectivity index (χ2v) is 7.54. The minimum Gasteiger partial charge on any atom is -0.355 e. The highest BCUT2D eigenvalue weighted by atomic mass is 127. The zero-order chi connectivity index (χ0) is 17.6. The maximum absolute atomic E-state index is 4.53. The van der Waals surface area contributed by atoms with Crippen molar-refractivity contribution in [2.75, 3.05) is 33.7 Å². The van der Waals surface area contributed by atoms with Crippen LogP contribution in [0.25, 0.3) is 0 Å². The van der Waals surface area contributed by atoms with E-state index in [0.29, 0.717) is 0 Å². The number of aromatic nitrogens is 1. The number of hydrogen-bond acceptors (Lipinski definition) is 4. The van der Waals surface area contributed by atoms with Crippen molar-refractivity contribution in [3.63, 3.8) is 0 Å². The molecule has 0 saturated heterocycles. The van der Waals surface area contributed by atoms with Crippen LogP contribution in [-0.2, 0) is 19.5 Å². The number of nitrogens with one attached hydrogen (secondary N) is 1. The standard InChI is InChI=1S/C19H27N5S.HI/c1-15-22-18(14-25-15)13-23(3)19(20-2)21-9-11-24-10-8-16-6-4-5-7-17(16)12-24;/h4-7,14H,8-13H2,1-3H3,(H,20,21);1H. The summed E-state index contributed by atoms with van der Waals surface area (Å²) in [4.78, 5) is 13.6. The molecule has 0 saturated carbocycles. The quantitative estimate of drug-likeness (QED) is 0.402. The van der Waals surface area contributed by atoms with Crippen molar-refractivity contribution in [1.82, 2.24) is 20.1 Å². The number of nitrogens with zero attached hydrogens (tertiary/aromatic N) is 4. The molecule has 0 unspecified atom stereocenters. The van der Waals surface area contributed by atoms with Gasteiger partial charge in [0.1, 0.15) is 0 Å². The van der Waals surface area contributed by atoms with Crippen molar-refractivity contribution in [3.8, 4) is 0 Å². The fraction of sp³-hybridized carbons (Fsp3) is 0.474. The number of thiazole rings is 1. The first-order valence-corrected chi connectivity index (χ1v) is 9.65. The van der Waals surface area contributed by atoms with Gasteiger partial charge in [-0.05, 0) is 24.5 Å². The molecule has 26 heavy (non-hydrogen) atoms. The summed E-state index contributed by atoms with van der Waals surface area (Å²) < 4.78 is 0. The van der Waals surface area contributed by atoms with E-state index < -0.39 is 0 Å². The van der Waals surface area contributed by atoms with E-state index in [9.17, 15) is 0 Å². The van der Waals surface area contributed by atoms with Gasteiger partial charge in [-0.3, -0.25) is 9.89 Å². The van der Waals surface area contributed by atoms with E-state index in [2.05, 4.69) is 61.8 Å². The molecule has 2 heterocycles. The lowest BCUT2D eigenvalue weighted by molar-refractivity contribution is 0.257. The Labute approximate surface area is 177 Å². The molecule has 7 heteroatoms. The van der Waals surface area contributed by atoms with E-state index >= 15 is 0 Å². The Hall–Kier alpha value is -1.19. The molecule has 0 amide bonds. The number of benzene rings is 1. The van der Waals surface area contributed by atoms with Gasteiger partial charge >= 0.3 is 0 Å². The Balaban J connectivity index is 0.00000243. The SMILES string of the molecule is CN=C(NCCN1CCc2ccccc2C1)N(C)Cc1csc(C)n1.I. The van der Waals surface area contributed by atoms with Crippen molar-refractivity contribution >= 4 is 41.3 Å². The van der Waals surface area contributed by atoms with Crippen LogP contribution in [0.1, 0.15) is 21.8 Å². The minimum absolute atomic E-state index is 0. The van der Waals surface area contributed by atoms with E-state index in [-0.39, 0.29) is 24.0 Å². The highest BCUT2D eigenvalue weighted by Gasteiger charge is 2.15. The lowest BCUT2D eigenvalue weighted by Crippen LogP contribution is -2.43. The normalized spacial score (nSPS) is 14.5. The molecule has 3 rings (SSSR count). The second-order valence-electron chi connectivity index (χ2n) is 6.48. The molecular formula is C19H28IN5S. The van der Waals surface area contributed by atoms with Gasteiger partial charge in [0.25, 0.3) is 0 Å². The molecule has 2 aromatic rings. The van der Waals surface area contributed by atoms with Crippen LogP contribution in [0.5, 0.6) is 0 Å². The van der Waals surface area contributed by atoms with Crippen molar-refractivity contribution in [2.24, 2.45) is 4.99 Å². The summed E-state index contributed by atoms with van der Waals surface area (Å²) >= 11 is 1.69. The van der Waals surface area contributed by atoms with Gasteiger partial charge in [-0.2, -0.15) is 0 Å². The van der Waals surface area contributed by atoms with Gasteiger partial charge in [-0.25, -0.2) is 4.98 Å². The lowest BCUT2D eigenvalue weighted by Gasteiger charge is -2.29. The van der Waals surface area contributed by atoms with Crippen molar-refractivity contribution < 1.29 is 0 Å². The Kier molecular flexibility index (Phi) is 8.30. The molecule has 0 spiro atoms. The summed E-state index contributed by atoms with van der Waals surface area (Å²) in [6.45, 7) is 6.92. The van der Waals surface area contributed by atoms with Crippen LogP contribution >= 0.6 is 35.3 Å². The largest absolute Gasteiger partial charge is 0.355 e. The van der Waals surface area contributed by atoms with Gasteiger partial charge in [0.15, 0.2) is 5.96 Å². The molecule has 0 radical (unpaired) electrons. The smallest absolute Gasteiger partial charge is 0.193 e. The third-order valence-corrected chi connectivity index (χ3v) is 5.38. The number of fused-ring (bicyclic) bond motifs is 1. The van der Waals surface area contributed by atoms with E-state index in [4.69, 9.17) is 0 Å². The number of halogens is 1. The fourth-order valence-electron chi connectivity index (χ4n) is 3.25. The summed E-state index contributed by atoms with van der Waals surface area (Å²) in [5.74, 6) is 0.920. The van der Waals surface area contributed by atoms with Gasteiger partial charge in [0.2, 0.25) is 0 Å². The highest BCUT2D eigenvalue weighted by Crippen LogP contribution is 2.17. The summed E-state index contributed by atoms with van der Waals surface area (Å²) in [5.41, 5.74) is 4.07. The van der Waals surface area contributed by atoms with Crippen molar-refractivity contribution in [3.05, 3.63) is 51.5 Å². The molecule has 1 aliphatic rings. The first-order chi connectivity index (χ1) is 12.2. The Morgan fingerprint density at radius 2 is 2.12 bits per heavy atom. The molecule has 0 bridgehead atoms. The van der Waals surface area contributed by atoms with E-state index in [1.807, 2.05) is 14.0 Å². The fourth-order valence-corrected chi connectivity index (χ4v) is 3.86. The number of hydrogen-bond donors (Lipinski definition) is 1. The molecule has 142 valence electrons.